The minimum Gasteiger partial charge on any atom is -0.445 e. The van der Waals surface area contributed by atoms with Crippen LogP contribution in [0.2, 0.25) is 18.1 Å². The van der Waals surface area contributed by atoms with E-state index in [-0.39, 0.29) is 55.6 Å². The second-order valence-corrected chi connectivity index (χ2v) is 15.4. The van der Waals surface area contributed by atoms with E-state index in [4.69, 9.17) is 13.9 Å². The predicted molar refractivity (Wildman–Crippen MR) is 140 cm³/mol. The van der Waals surface area contributed by atoms with Gasteiger partial charge in [0.25, 0.3) is 0 Å². The van der Waals surface area contributed by atoms with E-state index < -0.39 is 38.4 Å². The van der Waals surface area contributed by atoms with Crippen LogP contribution in [0.3, 0.4) is 0 Å². The van der Waals surface area contributed by atoms with Crippen LogP contribution >= 0.6 is 0 Å². The number of hydrogen-bond donors (Lipinski definition) is 2. The Morgan fingerprint density at radius 1 is 1.17 bits per heavy atom. The first-order valence-corrected chi connectivity index (χ1v) is 15.1. The number of β-lactam (4-membered cyclic amide) rings is 1. The van der Waals surface area contributed by atoms with Gasteiger partial charge in [0.15, 0.2) is 8.32 Å². The van der Waals surface area contributed by atoms with Gasteiger partial charge in [-0.2, -0.15) is 0 Å². The monoisotopic (exact) mass is 525 g/mol. The third-order valence-electron chi connectivity index (χ3n) is 6.69. The van der Waals surface area contributed by atoms with Gasteiger partial charge in [0, 0.05) is 32.6 Å². The fourth-order valence-electron chi connectivity index (χ4n) is 3.59. The highest BCUT2D eigenvalue weighted by atomic mass is 28.4. The molecular weight excluding hydrogens is 482 g/mol. The van der Waals surface area contributed by atoms with Crippen molar-refractivity contribution in [3.63, 3.8) is 0 Å². The normalized spacial score (nSPS) is 19.1. The summed E-state index contributed by atoms with van der Waals surface area (Å²) < 4.78 is 16.3. The molecule has 0 bridgehead atoms. The third kappa shape index (κ3) is 9.09. The van der Waals surface area contributed by atoms with E-state index in [0.29, 0.717) is 0 Å². The number of alkyl carbamates (subject to hydrolysis) is 1. The third-order valence-corrected chi connectivity index (χ3v) is 11.3. The first-order chi connectivity index (χ1) is 16.6. The summed E-state index contributed by atoms with van der Waals surface area (Å²) in [6.07, 6.45) is 1.25. The molecule has 2 N–H and O–H groups in total. The fraction of sp³-hybridized carbons (Fsp3) is 0.680. The van der Waals surface area contributed by atoms with Crippen LogP contribution in [-0.4, -0.2) is 82.6 Å². The van der Waals surface area contributed by atoms with E-state index >= 15 is 0 Å². The molecule has 1 fully saturated rings. The number of rotatable bonds is 14. The molecule has 1 saturated heterocycles. The second kappa shape index (κ2) is 13.6. The van der Waals surface area contributed by atoms with Crippen LogP contribution in [0.15, 0.2) is 25.3 Å². The number of nitrogens with zero attached hydrogens (tertiary/aromatic N) is 1. The lowest BCUT2D eigenvalue weighted by atomic mass is 9.81. The fourth-order valence-corrected chi connectivity index (χ4v) is 5.02. The van der Waals surface area contributed by atoms with Gasteiger partial charge in [-0.05, 0) is 25.1 Å². The summed E-state index contributed by atoms with van der Waals surface area (Å²) in [5, 5.41) is 5.35. The molecule has 4 atom stereocenters. The zero-order chi connectivity index (χ0) is 27.7. The maximum atomic E-state index is 13.3. The van der Waals surface area contributed by atoms with Gasteiger partial charge in [0.2, 0.25) is 5.91 Å². The Balaban J connectivity index is 2.90. The highest BCUT2D eigenvalue weighted by Crippen LogP contribution is 2.39. The van der Waals surface area contributed by atoms with Gasteiger partial charge in [-0.1, -0.05) is 46.1 Å². The molecule has 1 heterocycles. The highest BCUT2D eigenvalue weighted by molar-refractivity contribution is 6.74. The number of Topliss-reactive ketones (excluding diaryl/α,β-unsaturated/α-hetero) is 1. The smallest absolute Gasteiger partial charge is 0.409 e. The molecular formula is C25H43N3O7Si. The van der Waals surface area contributed by atoms with Crippen LogP contribution in [0.1, 0.15) is 34.1 Å². The standard InChI is InChI=1S/C25H43N3O7Si/c1-10-12-33-23(31)26-15-18(16-28(7)24(32)34-13-11-2)20(29)14-19-21(22(30)27-19)17(3)35-36(8,9)25(4,5)6/h10-11,17-19,21H,1-2,12-16H2,3-9H3,(H,26,31)(H,27,30)/t17-,18+,19-,21-/m1/s1. The topological polar surface area (TPSA) is 123 Å². The number of amides is 3. The molecule has 0 aromatic heterocycles. The number of ether oxygens (including phenoxy) is 2. The van der Waals surface area contributed by atoms with Crippen molar-refractivity contribution in [1.82, 2.24) is 15.5 Å². The average Bonchev–Trinajstić information content (AvgIpc) is 2.76. The SMILES string of the molecule is C=CCOC(=O)NC[C@@H](CN(C)C(=O)OCC=C)C(=O)C[C@H]1NC(=O)[C@@H]1[C@@H](C)O[Si](C)(C)C(C)(C)C. The van der Waals surface area contributed by atoms with Crippen molar-refractivity contribution in [3.8, 4) is 0 Å². The van der Waals surface area contributed by atoms with Gasteiger partial charge in [-0.15, -0.1) is 0 Å². The first kappa shape index (κ1) is 31.4. The Morgan fingerprint density at radius 3 is 2.28 bits per heavy atom. The highest BCUT2D eigenvalue weighted by Gasteiger charge is 2.48. The number of carbonyl (C=O) groups is 4. The van der Waals surface area contributed by atoms with Crippen LogP contribution in [0.4, 0.5) is 9.59 Å². The Bertz CT molecular complexity index is 825. The summed E-state index contributed by atoms with van der Waals surface area (Å²) in [5.41, 5.74) is 0. The lowest BCUT2D eigenvalue weighted by Gasteiger charge is -2.45. The van der Waals surface area contributed by atoms with E-state index in [1.807, 2.05) is 6.92 Å². The number of ketones is 1. The summed E-state index contributed by atoms with van der Waals surface area (Å²) in [7, 11) is -0.610. The molecule has 0 unspecified atom stereocenters. The van der Waals surface area contributed by atoms with E-state index in [0.717, 1.165) is 0 Å². The second-order valence-electron chi connectivity index (χ2n) is 10.6. The van der Waals surface area contributed by atoms with Crippen molar-refractivity contribution < 1.29 is 33.1 Å². The van der Waals surface area contributed by atoms with Gasteiger partial charge in [-0.25, -0.2) is 9.59 Å². The van der Waals surface area contributed by atoms with Gasteiger partial charge in [-0.3, -0.25) is 9.59 Å². The van der Waals surface area contributed by atoms with Crippen LogP contribution in [0.25, 0.3) is 0 Å². The van der Waals surface area contributed by atoms with Crippen molar-refractivity contribution >= 4 is 32.2 Å². The van der Waals surface area contributed by atoms with E-state index in [1.165, 1.54) is 24.1 Å². The van der Waals surface area contributed by atoms with Crippen molar-refractivity contribution in [2.75, 3.05) is 33.4 Å². The molecule has 0 aromatic carbocycles. The summed E-state index contributed by atoms with van der Waals surface area (Å²) in [4.78, 5) is 51.0. The van der Waals surface area contributed by atoms with Crippen molar-refractivity contribution in [2.24, 2.45) is 11.8 Å². The molecule has 3 amide bonds. The molecule has 0 aromatic rings. The molecule has 0 spiro atoms. The van der Waals surface area contributed by atoms with E-state index in [2.05, 4.69) is 57.7 Å². The maximum Gasteiger partial charge on any atom is 0.409 e. The van der Waals surface area contributed by atoms with Gasteiger partial charge >= 0.3 is 12.2 Å². The van der Waals surface area contributed by atoms with Gasteiger partial charge in [0.05, 0.1) is 17.9 Å². The van der Waals surface area contributed by atoms with Gasteiger partial charge in [0.1, 0.15) is 19.0 Å². The maximum absolute atomic E-state index is 13.3. The summed E-state index contributed by atoms with van der Waals surface area (Å²) >= 11 is 0. The average molecular weight is 526 g/mol. The summed E-state index contributed by atoms with van der Waals surface area (Å²) in [5.74, 6) is -1.55. The summed E-state index contributed by atoms with van der Waals surface area (Å²) in [6.45, 7) is 19.5. The predicted octanol–water partition coefficient (Wildman–Crippen LogP) is 3.25. The van der Waals surface area contributed by atoms with Gasteiger partial charge < -0.3 is 29.4 Å². The minimum absolute atomic E-state index is 0.0118. The molecule has 1 aliphatic heterocycles. The zero-order valence-corrected chi connectivity index (χ0v) is 23.7. The molecule has 1 rings (SSSR count). The Hall–Kier alpha value is -2.66. The van der Waals surface area contributed by atoms with Crippen molar-refractivity contribution in [1.29, 1.82) is 0 Å². The zero-order valence-electron chi connectivity index (χ0n) is 22.7. The number of hydrogen-bond acceptors (Lipinski definition) is 7. The molecule has 1 aliphatic rings. The van der Waals surface area contributed by atoms with Crippen LogP contribution < -0.4 is 10.6 Å². The minimum atomic E-state index is -2.11. The van der Waals surface area contributed by atoms with E-state index in [1.54, 1.807) is 0 Å². The molecule has 0 saturated carbocycles. The summed E-state index contributed by atoms with van der Waals surface area (Å²) in [6, 6.07) is -0.391. The van der Waals surface area contributed by atoms with Crippen LogP contribution in [-0.2, 0) is 23.5 Å². The first-order valence-electron chi connectivity index (χ1n) is 12.2. The lowest BCUT2D eigenvalue weighted by molar-refractivity contribution is -0.141. The molecule has 204 valence electrons. The Labute approximate surface area is 215 Å². The van der Waals surface area contributed by atoms with Crippen LogP contribution in [0.5, 0.6) is 0 Å². The molecule has 36 heavy (non-hydrogen) atoms. The largest absolute Gasteiger partial charge is 0.445 e. The number of carbonyl (C=O) groups excluding carboxylic acids is 4. The van der Waals surface area contributed by atoms with E-state index in [9.17, 15) is 19.2 Å². The molecule has 0 radical (unpaired) electrons. The Kier molecular flexibility index (Phi) is 11.8. The number of nitrogens with one attached hydrogen (secondary N) is 2. The Morgan fingerprint density at radius 2 is 1.75 bits per heavy atom. The quantitative estimate of drug-likeness (QED) is 0.203. The van der Waals surface area contributed by atoms with Crippen molar-refractivity contribution in [3.05, 3.63) is 25.3 Å². The molecule has 10 nitrogen and oxygen atoms in total. The lowest BCUT2D eigenvalue weighted by Crippen LogP contribution is -2.64. The molecule has 0 aliphatic carbocycles. The van der Waals surface area contributed by atoms with Crippen molar-refractivity contribution in [2.45, 2.75) is 64.4 Å². The van der Waals surface area contributed by atoms with Crippen LogP contribution in [0, 0.1) is 11.8 Å². The molecule has 11 heteroatoms.